The van der Waals surface area contributed by atoms with Crippen LogP contribution in [0.1, 0.15) is 44.6 Å². The molecule has 1 saturated carbocycles. The minimum Gasteiger partial charge on any atom is -0.491 e. The SMILES string of the molecule is CCCc1ccc(OCC2(O)CCCC2)cc1. The summed E-state index contributed by atoms with van der Waals surface area (Å²) in [5, 5.41) is 10.2. The van der Waals surface area contributed by atoms with Crippen molar-refractivity contribution >= 4 is 0 Å². The highest BCUT2D eigenvalue weighted by molar-refractivity contribution is 5.27. The van der Waals surface area contributed by atoms with Crippen molar-refractivity contribution in [1.82, 2.24) is 0 Å². The van der Waals surface area contributed by atoms with Gasteiger partial charge in [0.1, 0.15) is 12.4 Å². The van der Waals surface area contributed by atoms with Crippen LogP contribution in [0.25, 0.3) is 0 Å². The molecule has 0 saturated heterocycles. The molecule has 0 unspecified atom stereocenters. The topological polar surface area (TPSA) is 29.5 Å². The second-order valence-electron chi connectivity index (χ2n) is 5.11. The van der Waals surface area contributed by atoms with Gasteiger partial charge in [-0.25, -0.2) is 0 Å². The molecule has 1 aliphatic rings. The van der Waals surface area contributed by atoms with Crippen LogP contribution in [0.15, 0.2) is 24.3 Å². The number of aliphatic hydroxyl groups is 1. The van der Waals surface area contributed by atoms with Crippen molar-refractivity contribution in [2.24, 2.45) is 0 Å². The number of hydrogen-bond donors (Lipinski definition) is 1. The highest BCUT2D eigenvalue weighted by Gasteiger charge is 2.31. The molecule has 2 rings (SSSR count). The maximum absolute atomic E-state index is 10.2. The first-order chi connectivity index (χ1) is 8.22. The number of benzene rings is 1. The van der Waals surface area contributed by atoms with E-state index in [1.807, 2.05) is 12.1 Å². The van der Waals surface area contributed by atoms with Gasteiger partial charge in [0.05, 0.1) is 5.60 Å². The first-order valence-corrected chi connectivity index (χ1v) is 6.66. The number of aryl methyl sites for hydroxylation is 1. The van der Waals surface area contributed by atoms with E-state index in [0.717, 1.165) is 37.9 Å². The molecular formula is C15H22O2. The predicted molar refractivity (Wildman–Crippen MR) is 69.3 cm³/mol. The van der Waals surface area contributed by atoms with Crippen molar-refractivity contribution in [2.45, 2.75) is 51.0 Å². The molecule has 17 heavy (non-hydrogen) atoms. The van der Waals surface area contributed by atoms with Crippen molar-refractivity contribution in [3.05, 3.63) is 29.8 Å². The van der Waals surface area contributed by atoms with Crippen LogP contribution >= 0.6 is 0 Å². The Balaban J connectivity index is 1.86. The lowest BCUT2D eigenvalue weighted by atomic mass is 10.0. The Morgan fingerprint density at radius 3 is 2.41 bits per heavy atom. The maximum Gasteiger partial charge on any atom is 0.119 e. The summed E-state index contributed by atoms with van der Waals surface area (Å²) in [4.78, 5) is 0. The van der Waals surface area contributed by atoms with Gasteiger partial charge in [0.15, 0.2) is 0 Å². The molecule has 2 nitrogen and oxygen atoms in total. The standard InChI is InChI=1S/C15H22O2/c1-2-5-13-6-8-14(9-7-13)17-12-15(16)10-3-4-11-15/h6-9,16H,2-5,10-12H2,1H3. The summed E-state index contributed by atoms with van der Waals surface area (Å²) < 4.78 is 5.68. The van der Waals surface area contributed by atoms with Gasteiger partial charge in [0.25, 0.3) is 0 Å². The Morgan fingerprint density at radius 1 is 1.18 bits per heavy atom. The monoisotopic (exact) mass is 234 g/mol. The van der Waals surface area contributed by atoms with Gasteiger partial charge in [0, 0.05) is 0 Å². The third-order valence-electron chi connectivity index (χ3n) is 3.50. The van der Waals surface area contributed by atoms with Crippen LogP contribution in [0, 0.1) is 0 Å². The Kier molecular flexibility index (Phi) is 4.06. The molecule has 2 heteroatoms. The van der Waals surface area contributed by atoms with Gasteiger partial charge in [-0.2, -0.15) is 0 Å². The molecule has 0 bridgehead atoms. The van der Waals surface area contributed by atoms with Crippen LogP contribution in [0.4, 0.5) is 0 Å². The van der Waals surface area contributed by atoms with E-state index < -0.39 is 5.60 Å². The predicted octanol–water partition coefficient (Wildman–Crippen LogP) is 3.32. The van der Waals surface area contributed by atoms with E-state index in [1.54, 1.807) is 0 Å². The molecule has 1 N–H and O–H groups in total. The summed E-state index contributed by atoms with van der Waals surface area (Å²) in [6.45, 7) is 2.61. The largest absolute Gasteiger partial charge is 0.491 e. The number of rotatable bonds is 5. The summed E-state index contributed by atoms with van der Waals surface area (Å²) in [5.74, 6) is 0.866. The normalized spacial score (nSPS) is 18.2. The zero-order valence-corrected chi connectivity index (χ0v) is 10.6. The first kappa shape index (κ1) is 12.4. The maximum atomic E-state index is 10.2. The van der Waals surface area contributed by atoms with E-state index >= 15 is 0 Å². The molecule has 1 aromatic carbocycles. The van der Waals surface area contributed by atoms with Crippen LogP contribution in [-0.2, 0) is 6.42 Å². The van der Waals surface area contributed by atoms with Gasteiger partial charge in [-0.05, 0) is 37.0 Å². The van der Waals surface area contributed by atoms with E-state index in [-0.39, 0.29) is 0 Å². The fourth-order valence-electron chi connectivity index (χ4n) is 2.44. The number of ether oxygens (including phenoxy) is 1. The van der Waals surface area contributed by atoms with Crippen LogP contribution < -0.4 is 4.74 Å². The lowest BCUT2D eigenvalue weighted by Crippen LogP contribution is -2.32. The second-order valence-corrected chi connectivity index (χ2v) is 5.11. The van der Waals surface area contributed by atoms with E-state index in [2.05, 4.69) is 19.1 Å². The van der Waals surface area contributed by atoms with Gasteiger partial charge < -0.3 is 9.84 Å². The highest BCUT2D eigenvalue weighted by atomic mass is 16.5. The fourth-order valence-corrected chi connectivity index (χ4v) is 2.44. The van der Waals surface area contributed by atoms with Crippen molar-refractivity contribution in [1.29, 1.82) is 0 Å². The molecule has 1 aromatic rings. The fraction of sp³-hybridized carbons (Fsp3) is 0.600. The highest BCUT2D eigenvalue weighted by Crippen LogP contribution is 2.30. The Morgan fingerprint density at radius 2 is 1.82 bits per heavy atom. The molecule has 0 spiro atoms. The molecule has 0 atom stereocenters. The third-order valence-corrected chi connectivity index (χ3v) is 3.50. The zero-order valence-electron chi connectivity index (χ0n) is 10.6. The first-order valence-electron chi connectivity index (χ1n) is 6.66. The lowest BCUT2D eigenvalue weighted by molar-refractivity contribution is 0.00141. The van der Waals surface area contributed by atoms with E-state index in [9.17, 15) is 5.11 Å². The van der Waals surface area contributed by atoms with Gasteiger partial charge >= 0.3 is 0 Å². The second kappa shape index (κ2) is 5.54. The summed E-state index contributed by atoms with van der Waals surface area (Å²) in [7, 11) is 0. The molecule has 0 amide bonds. The molecule has 0 aliphatic heterocycles. The molecule has 1 aliphatic carbocycles. The average molecular weight is 234 g/mol. The van der Waals surface area contributed by atoms with Crippen LogP contribution in [-0.4, -0.2) is 17.3 Å². The van der Waals surface area contributed by atoms with Crippen molar-refractivity contribution in [2.75, 3.05) is 6.61 Å². The Bertz CT molecular complexity index is 336. The quantitative estimate of drug-likeness (QED) is 0.846. The summed E-state index contributed by atoms with van der Waals surface area (Å²) >= 11 is 0. The van der Waals surface area contributed by atoms with Gasteiger partial charge in [-0.1, -0.05) is 38.3 Å². The van der Waals surface area contributed by atoms with E-state index in [1.165, 1.54) is 12.0 Å². The average Bonchev–Trinajstić information content (AvgIpc) is 2.76. The summed E-state index contributed by atoms with van der Waals surface area (Å²) in [5.41, 5.74) is 0.765. The van der Waals surface area contributed by atoms with Crippen molar-refractivity contribution < 1.29 is 9.84 Å². The molecule has 1 fully saturated rings. The van der Waals surface area contributed by atoms with Crippen LogP contribution in [0.5, 0.6) is 5.75 Å². The minimum absolute atomic E-state index is 0.431. The molecule has 0 aromatic heterocycles. The van der Waals surface area contributed by atoms with Crippen molar-refractivity contribution in [3.63, 3.8) is 0 Å². The zero-order chi connectivity index (χ0) is 12.1. The van der Waals surface area contributed by atoms with Gasteiger partial charge in [-0.3, -0.25) is 0 Å². The smallest absolute Gasteiger partial charge is 0.119 e. The summed E-state index contributed by atoms with van der Waals surface area (Å²) in [6.07, 6.45) is 6.27. The van der Waals surface area contributed by atoms with Crippen LogP contribution in [0.3, 0.4) is 0 Å². The third kappa shape index (κ3) is 3.47. The van der Waals surface area contributed by atoms with Crippen LogP contribution in [0.2, 0.25) is 0 Å². The molecular weight excluding hydrogens is 212 g/mol. The molecule has 0 heterocycles. The van der Waals surface area contributed by atoms with Gasteiger partial charge in [0.2, 0.25) is 0 Å². The Hall–Kier alpha value is -1.02. The minimum atomic E-state index is -0.581. The van der Waals surface area contributed by atoms with Gasteiger partial charge in [-0.15, -0.1) is 0 Å². The molecule has 94 valence electrons. The number of hydrogen-bond acceptors (Lipinski definition) is 2. The molecule has 0 radical (unpaired) electrons. The van der Waals surface area contributed by atoms with E-state index in [4.69, 9.17) is 4.74 Å². The summed E-state index contributed by atoms with van der Waals surface area (Å²) in [6, 6.07) is 8.22. The van der Waals surface area contributed by atoms with E-state index in [0.29, 0.717) is 6.61 Å². The van der Waals surface area contributed by atoms with Crippen molar-refractivity contribution in [3.8, 4) is 5.75 Å². The Labute approximate surface area is 104 Å². The lowest BCUT2D eigenvalue weighted by Gasteiger charge is -2.22.